The van der Waals surface area contributed by atoms with Crippen molar-refractivity contribution in [1.82, 2.24) is 9.97 Å². The van der Waals surface area contributed by atoms with Crippen molar-refractivity contribution in [3.05, 3.63) is 35.0 Å². The van der Waals surface area contributed by atoms with Crippen molar-refractivity contribution in [2.24, 2.45) is 0 Å². The van der Waals surface area contributed by atoms with E-state index in [0.717, 1.165) is 5.69 Å². The second kappa shape index (κ2) is 5.54. The van der Waals surface area contributed by atoms with E-state index in [0.29, 0.717) is 22.6 Å². The minimum absolute atomic E-state index is 0. The topological polar surface area (TPSA) is 80.9 Å². The number of nitrogens with zero attached hydrogens (tertiary/aromatic N) is 2. The minimum atomic E-state index is -0.279. The largest absolute Gasteiger partial charge is 0.384 e. The second-order valence-electron chi connectivity index (χ2n) is 4.25. The molecule has 3 rings (SSSR count). The van der Waals surface area contributed by atoms with Gasteiger partial charge in [-0.05, 0) is 25.0 Å². The van der Waals surface area contributed by atoms with Crippen LogP contribution in [0.1, 0.15) is 34.9 Å². The molecule has 5 nitrogen and oxygen atoms in total. The molecule has 1 amide bonds. The van der Waals surface area contributed by atoms with Crippen molar-refractivity contribution in [1.29, 1.82) is 0 Å². The molecule has 0 bridgehead atoms. The quantitative estimate of drug-likeness (QED) is 0.912. The Labute approximate surface area is 120 Å². The Bertz CT molecular complexity index is 597. The molecule has 0 atom stereocenters. The van der Waals surface area contributed by atoms with Crippen LogP contribution in [0, 0.1) is 0 Å². The molecule has 1 aliphatic rings. The van der Waals surface area contributed by atoms with Crippen LogP contribution in [0.15, 0.2) is 23.6 Å². The molecular formula is C12H13ClN4OS. The van der Waals surface area contributed by atoms with Crippen molar-refractivity contribution in [3.8, 4) is 0 Å². The Morgan fingerprint density at radius 1 is 1.37 bits per heavy atom. The average molecular weight is 297 g/mol. The van der Waals surface area contributed by atoms with Gasteiger partial charge in [0, 0.05) is 11.3 Å². The zero-order valence-electron chi connectivity index (χ0n) is 10.00. The summed E-state index contributed by atoms with van der Waals surface area (Å²) in [7, 11) is 0. The number of rotatable bonds is 3. The lowest BCUT2D eigenvalue weighted by Gasteiger charge is -2.01. The van der Waals surface area contributed by atoms with Gasteiger partial charge >= 0.3 is 0 Å². The molecule has 0 radical (unpaired) electrons. The van der Waals surface area contributed by atoms with Crippen LogP contribution in [0.2, 0.25) is 0 Å². The fourth-order valence-electron chi connectivity index (χ4n) is 1.65. The molecule has 1 aliphatic carbocycles. The van der Waals surface area contributed by atoms with Gasteiger partial charge in [0.15, 0.2) is 5.13 Å². The monoisotopic (exact) mass is 296 g/mol. The number of nitrogens with one attached hydrogen (secondary N) is 1. The smallest absolute Gasteiger partial charge is 0.276 e. The summed E-state index contributed by atoms with van der Waals surface area (Å²) in [5.74, 6) is 0.650. The Hall–Kier alpha value is -1.66. The molecule has 0 aliphatic heterocycles. The summed E-state index contributed by atoms with van der Waals surface area (Å²) in [6.07, 6.45) is 2.40. The molecule has 2 aromatic heterocycles. The van der Waals surface area contributed by atoms with Crippen LogP contribution in [0.5, 0.6) is 0 Å². The summed E-state index contributed by atoms with van der Waals surface area (Å²) in [6.45, 7) is 0. The molecule has 0 unspecified atom stereocenters. The second-order valence-corrected chi connectivity index (χ2v) is 5.11. The molecule has 2 heterocycles. The molecule has 0 saturated heterocycles. The molecular weight excluding hydrogens is 284 g/mol. The maximum Gasteiger partial charge on any atom is 0.276 e. The van der Waals surface area contributed by atoms with Gasteiger partial charge in [-0.3, -0.25) is 10.1 Å². The number of pyridine rings is 1. The van der Waals surface area contributed by atoms with Crippen LogP contribution in [-0.2, 0) is 0 Å². The highest BCUT2D eigenvalue weighted by molar-refractivity contribution is 7.14. The van der Waals surface area contributed by atoms with E-state index in [1.165, 1.54) is 24.2 Å². The van der Waals surface area contributed by atoms with E-state index >= 15 is 0 Å². The summed E-state index contributed by atoms with van der Waals surface area (Å²) in [5, 5.41) is 5.36. The number of carbonyl (C=O) groups is 1. The predicted molar refractivity (Wildman–Crippen MR) is 77.9 cm³/mol. The highest BCUT2D eigenvalue weighted by atomic mass is 35.5. The number of aromatic nitrogens is 2. The van der Waals surface area contributed by atoms with E-state index < -0.39 is 0 Å². The van der Waals surface area contributed by atoms with Gasteiger partial charge in [0.2, 0.25) is 0 Å². The number of anilines is 2. The number of thiazole rings is 1. The number of amides is 1. The van der Waals surface area contributed by atoms with Crippen LogP contribution in [0.25, 0.3) is 0 Å². The molecule has 0 aromatic carbocycles. The molecule has 7 heteroatoms. The molecule has 1 saturated carbocycles. The van der Waals surface area contributed by atoms with Gasteiger partial charge in [0.1, 0.15) is 11.5 Å². The standard InChI is InChI=1S/C12H12N4OS.ClH/c13-10-3-1-2-8(14-10)11(17)16-12-15-9(6-18-12)7-4-5-7;/h1-3,6-7H,4-5H2,(H2,13,14)(H,15,16,17);1H. The van der Waals surface area contributed by atoms with Gasteiger partial charge in [0.05, 0.1) is 5.69 Å². The van der Waals surface area contributed by atoms with Gasteiger partial charge in [0.25, 0.3) is 5.91 Å². The first-order valence-electron chi connectivity index (χ1n) is 5.71. The summed E-state index contributed by atoms with van der Waals surface area (Å²) in [4.78, 5) is 20.3. The first-order valence-corrected chi connectivity index (χ1v) is 6.59. The third-order valence-corrected chi connectivity index (χ3v) is 3.52. The van der Waals surface area contributed by atoms with Crippen molar-refractivity contribution in [2.45, 2.75) is 18.8 Å². The predicted octanol–water partition coefficient (Wildman–Crippen LogP) is 2.67. The zero-order chi connectivity index (χ0) is 12.5. The van der Waals surface area contributed by atoms with Gasteiger partial charge < -0.3 is 5.73 Å². The SMILES string of the molecule is Cl.Nc1cccc(C(=O)Nc2nc(C3CC3)cs2)n1. The third kappa shape index (κ3) is 3.21. The lowest BCUT2D eigenvalue weighted by molar-refractivity contribution is 0.102. The fraction of sp³-hybridized carbons (Fsp3) is 0.250. The number of nitrogen functional groups attached to an aromatic ring is 1. The lowest BCUT2D eigenvalue weighted by atomic mass is 10.3. The normalized spacial score (nSPS) is 13.7. The number of hydrogen-bond donors (Lipinski definition) is 2. The van der Waals surface area contributed by atoms with Crippen LogP contribution >= 0.6 is 23.7 Å². The van der Waals surface area contributed by atoms with Gasteiger partial charge in [-0.2, -0.15) is 0 Å². The minimum Gasteiger partial charge on any atom is -0.384 e. The summed E-state index contributed by atoms with van der Waals surface area (Å²) in [6, 6.07) is 4.97. The Balaban J connectivity index is 0.00000133. The van der Waals surface area contributed by atoms with E-state index in [1.807, 2.05) is 5.38 Å². The highest BCUT2D eigenvalue weighted by Gasteiger charge is 2.26. The number of carbonyl (C=O) groups excluding carboxylic acids is 1. The van der Waals surface area contributed by atoms with Crippen LogP contribution < -0.4 is 11.1 Å². The molecule has 100 valence electrons. The zero-order valence-corrected chi connectivity index (χ0v) is 11.6. The van der Waals surface area contributed by atoms with Gasteiger partial charge in [-0.25, -0.2) is 9.97 Å². The van der Waals surface area contributed by atoms with E-state index in [4.69, 9.17) is 5.73 Å². The molecule has 3 N–H and O–H groups in total. The van der Waals surface area contributed by atoms with Crippen LogP contribution in [0.4, 0.5) is 10.9 Å². The fourth-order valence-corrected chi connectivity index (χ4v) is 2.44. The van der Waals surface area contributed by atoms with Crippen molar-refractivity contribution in [3.63, 3.8) is 0 Å². The average Bonchev–Trinajstić information content (AvgIpc) is 3.11. The van der Waals surface area contributed by atoms with Crippen molar-refractivity contribution >= 4 is 40.6 Å². The van der Waals surface area contributed by atoms with Crippen LogP contribution in [0.3, 0.4) is 0 Å². The Kier molecular flexibility index (Phi) is 4.01. The van der Waals surface area contributed by atoms with Crippen LogP contribution in [-0.4, -0.2) is 15.9 Å². The van der Waals surface area contributed by atoms with E-state index in [2.05, 4.69) is 15.3 Å². The maximum absolute atomic E-state index is 11.9. The lowest BCUT2D eigenvalue weighted by Crippen LogP contribution is -2.14. The summed E-state index contributed by atoms with van der Waals surface area (Å²) < 4.78 is 0. The van der Waals surface area contributed by atoms with E-state index in [9.17, 15) is 4.79 Å². The van der Waals surface area contributed by atoms with E-state index in [1.54, 1.807) is 18.2 Å². The van der Waals surface area contributed by atoms with Gasteiger partial charge in [-0.15, -0.1) is 23.7 Å². The first-order chi connectivity index (χ1) is 8.72. The molecule has 2 aromatic rings. The van der Waals surface area contributed by atoms with E-state index in [-0.39, 0.29) is 18.3 Å². The number of hydrogen-bond acceptors (Lipinski definition) is 5. The van der Waals surface area contributed by atoms with Gasteiger partial charge in [-0.1, -0.05) is 6.07 Å². The molecule has 19 heavy (non-hydrogen) atoms. The number of halogens is 1. The highest BCUT2D eigenvalue weighted by Crippen LogP contribution is 2.40. The third-order valence-electron chi connectivity index (χ3n) is 2.74. The first kappa shape index (κ1) is 13.8. The Morgan fingerprint density at radius 2 is 2.16 bits per heavy atom. The Morgan fingerprint density at radius 3 is 2.84 bits per heavy atom. The summed E-state index contributed by atoms with van der Waals surface area (Å²) >= 11 is 1.44. The molecule has 0 spiro atoms. The van der Waals surface area contributed by atoms with Crippen molar-refractivity contribution < 1.29 is 4.79 Å². The maximum atomic E-state index is 11.9. The molecule has 1 fully saturated rings. The van der Waals surface area contributed by atoms with Crippen molar-refractivity contribution in [2.75, 3.05) is 11.1 Å². The summed E-state index contributed by atoms with van der Waals surface area (Å²) in [5.41, 5.74) is 6.92. The number of nitrogens with two attached hydrogens (primary N) is 1.